The summed E-state index contributed by atoms with van der Waals surface area (Å²) in [6.07, 6.45) is 26.9. The van der Waals surface area contributed by atoms with Gasteiger partial charge in [-0.15, -0.1) is 0 Å². The fraction of sp³-hybridized carbons (Fsp3) is 0.958. The Labute approximate surface area is 168 Å². The van der Waals surface area contributed by atoms with E-state index in [1.54, 1.807) is 0 Å². The largest absolute Gasteiger partial charge is 0.273 e. The molecule has 2 aliphatic carbocycles. The number of hydrogen-bond acceptors (Lipinski definition) is 2. The van der Waals surface area contributed by atoms with Gasteiger partial charge in [-0.1, -0.05) is 109 Å². The topological polar surface area (TPSA) is 38.3 Å². The quantitative estimate of drug-likeness (QED) is 0.525. The summed E-state index contributed by atoms with van der Waals surface area (Å²) in [7, 11) is 0. The van der Waals surface area contributed by atoms with Crippen molar-refractivity contribution >= 4 is 5.91 Å². The number of carbonyl (C=O) groups excluding carboxylic acids is 1. The predicted molar refractivity (Wildman–Crippen MR) is 113 cm³/mol. The van der Waals surface area contributed by atoms with Crippen LogP contribution in [0.1, 0.15) is 135 Å². The number of hydroxylamine groups is 1. The minimum atomic E-state index is 0.153. The van der Waals surface area contributed by atoms with E-state index in [0.717, 1.165) is 25.7 Å². The van der Waals surface area contributed by atoms with Crippen LogP contribution in [0.25, 0.3) is 0 Å². The van der Waals surface area contributed by atoms with E-state index in [9.17, 15) is 4.79 Å². The lowest BCUT2D eigenvalue weighted by molar-refractivity contribution is -0.144. The van der Waals surface area contributed by atoms with E-state index in [1.165, 1.54) is 109 Å². The zero-order chi connectivity index (χ0) is 19.0. The molecule has 27 heavy (non-hydrogen) atoms. The highest BCUT2D eigenvalue weighted by molar-refractivity contribution is 5.77. The van der Waals surface area contributed by atoms with Crippen molar-refractivity contribution in [1.29, 1.82) is 0 Å². The zero-order valence-electron chi connectivity index (χ0n) is 17.8. The smallest absolute Gasteiger partial charge is 0.246 e. The van der Waals surface area contributed by atoms with Crippen molar-refractivity contribution in [1.82, 2.24) is 5.48 Å². The Morgan fingerprint density at radius 2 is 0.852 bits per heavy atom. The van der Waals surface area contributed by atoms with Crippen LogP contribution >= 0.6 is 0 Å². The van der Waals surface area contributed by atoms with Crippen LogP contribution in [0.2, 0.25) is 0 Å². The highest BCUT2D eigenvalue weighted by atomic mass is 16.7. The van der Waals surface area contributed by atoms with Gasteiger partial charge in [0, 0.05) is 5.92 Å². The lowest BCUT2D eigenvalue weighted by atomic mass is 9.95. The Morgan fingerprint density at radius 3 is 1.26 bits per heavy atom. The fourth-order valence-electron chi connectivity index (χ4n) is 4.72. The van der Waals surface area contributed by atoms with Crippen LogP contribution in [0.3, 0.4) is 0 Å². The molecular formula is C24H45NO2. The number of amides is 1. The summed E-state index contributed by atoms with van der Waals surface area (Å²) < 4.78 is 0. The molecule has 1 amide bonds. The molecule has 2 rings (SSSR count). The van der Waals surface area contributed by atoms with Crippen molar-refractivity contribution in [3.05, 3.63) is 0 Å². The molecule has 2 aliphatic rings. The number of rotatable bonds is 3. The minimum Gasteiger partial charge on any atom is -0.273 e. The maximum atomic E-state index is 12.7. The van der Waals surface area contributed by atoms with Gasteiger partial charge in [0.1, 0.15) is 0 Å². The SMILES string of the molecule is O=C(NOC1CCCCCCCCCCC1)C1CCCCCCCCCC1. The second-order valence-corrected chi connectivity index (χ2v) is 9.07. The Hall–Kier alpha value is -0.570. The molecule has 0 aliphatic heterocycles. The standard InChI is InChI=1S/C24H45NO2/c26-24(22-18-14-10-6-4-5-7-11-15-19-22)25-27-23-20-16-12-8-2-1-3-9-13-17-21-23/h22-23H,1-21H2,(H,25,26). The molecule has 0 unspecified atom stereocenters. The summed E-state index contributed by atoms with van der Waals surface area (Å²) >= 11 is 0. The Bertz CT molecular complexity index is 347. The molecule has 0 spiro atoms. The zero-order valence-corrected chi connectivity index (χ0v) is 17.8. The summed E-state index contributed by atoms with van der Waals surface area (Å²) in [6, 6.07) is 0. The van der Waals surface area contributed by atoms with Gasteiger partial charge in [0.2, 0.25) is 5.91 Å². The summed E-state index contributed by atoms with van der Waals surface area (Å²) in [5, 5.41) is 0. The first-order valence-corrected chi connectivity index (χ1v) is 12.3. The van der Waals surface area contributed by atoms with Crippen LogP contribution in [0, 0.1) is 5.92 Å². The molecule has 0 radical (unpaired) electrons. The Kier molecular flexibility index (Phi) is 12.9. The van der Waals surface area contributed by atoms with Gasteiger partial charge >= 0.3 is 0 Å². The van der Waals surface area contributed by atoms with E-state index in [0.29, 0.717) is 0 Å². The molecule has 3 nitrogen and oxygen atoms in total. The molecule has 0 aromatic rings. The van der Waals surface area contributed by atoms with Crippen LogP contribution in [0.15, 0.2) is 0 Å². The first-order valence-electron chi connectivity index (χ1n) is 12.3. The molecule has 0 aromatic carbocycles. The maximum Gasteiger partial charge on any atom is 0.246 e. The van der Waals surface area contributed by atoms with E-state index < -0.39 is 0 Å². The molecular weight excluding hydrogens is 334 g/mol. The average Bonchev–Trinajstić information content (AvgIpc) is 2.73. The molecule has 0 atom stereocenters. The van der Waals surface area contributed by atoms with Crippen molar-refractivity contribution in [3.63, 3.8) is 0 Å². The van der Waals surface area contributed by atoms with Crippen molar-refractivity contribution < 1.29 is 9.63 Å². The van der Waals surface area contributed by atoms with Gasteiger partial charge in [0.05, 0.1) is 6.10 Å². The average molecular weight is 380 g/mol. The summed E-state index contributed by atoms with van der Waals surface area (Å²) in [4.78, 5) is 18.7. The van der Waals surface area contributed by atoms with Crippen molar-refractivity contribution in [2.45, 2.75) is 141 Å². The van der Waals surface area contributed by atoms with E-state index in [2.05, 4.69) is 5.48 Å². The van der Waals surface area contributed by atoms with Crippen molar-refractivity contribution in [2.24, 2.45) is 5.92 Å². The molecule has 0 heterocycles. The third kappa shape index (κ3) is 11.1. The molecule has 158 valence electrons. The van der Waals surface area contributed by atoms with Crippen molar-refractivity contribution in [3.8, 4) is 0 Å². The van der Waals surface area contributed by atoms with Crippen LogP contribution in [0.4, 0.5) is 0 Å². The molecule has 1 N–H and O–H groups in total. The van der Waals surface area contributed by atoms with Crippen LogP contribution in [-0.2, 0) is 9.63 Å². The second kappa shape index (κ2) is 15.4. The third-order valence-corrected chi connectivity index (χ3v) is 6.60. The van der Waals surface area contributed by atoms with Gasteiger partial charge in [-0.05, 0) is 25.7 Å². The monoisotopic (exact) mass is 379 g/mol. The second-order valence-electron chi connectivity index (χ2n) is 9.07. The predicted octanol–water partition coefficient (Wildman–Crippen LogP) is 7.24. The summed E-state index contributed by atoms with van der Waals surface area (Å²) in [5.74, 6) is 0.315. The Morgan fingerprint density at radius 1 is 0.519 bits per heavy atom. The van der Waals surface area contributed by atoms with Gasteiger partial charge in [-0.2, -0.15) is 0 Å². The first kappa shape index (κ1) is 22.7. The third-order valence-electron chi connectivity index (χ3n) is 6.60. The highest BCUT2D eigenvalue weighted by Gasteiger charge is 2.20. The molecule has 2 saturated carbocycles. The lowest BCUT2D eigenvalue weighted by Gasteiger charge is -2.21. The van der Waals surface area contributed by atoms with Gasteiger partial charge in [0.15, 0.2) is 0 Å². The van der Waals surface area contributed by atoms with Crippen LogP contribution < -0.4 is 5.48 Å². The van der Waals surface area contributed by atoms with E-state index in [-0.39, 0.29) is 17.9 Å². The number of nitrogens with one attached hydrogen (secondary N) is 1. The van der Waals surface area contributed by atoms with E-state index in [1.807, 2.05) is 0 Å². The van der Waals surface area contributed by atoms with Crippen LogP contribution in [0.5, 0.6) is 0 Å². The normalized spacial score (nSPS) is 24.1. The molecule has 0 aromatic heterocycles. The van der Waals surface area contributed by atoms with E-state index >= 15 is 0 Å². The van der Waals surface area contributed by atoms with Gasteiger partial charge in [0.25, 0.3) is 0 Å². The molecule has 0 saturated heterocycles. The lowest BCUT2D eigenvalue weighted by Crippen LogP contribution is -2.34. The first-order chi connectivity index (χ1) is 13.4. The fourth-order valence-corrected chi connectivity index (χ4v) is 4.72. The minimum absolute atomic E-state index is 0.153. The van der Waals surface area contributed by atoms with E-state index in [4.69, 9.17) is 4.84 Å². The molecule has 3 heteroatoms. The van der Waals surface area contributed by atoms with Crippen LogP contribution in [-0.4, -0.2) is 12.0 Å². The Balaban J connectivity index is 1.73. The molecule has 0 bridgehead atoms. The number of hydrogen-bond donors (Lipinski definition) is 1. The summed E-state index contributed by atoms with van der Waals surface area (Å²) in [5.41, 5.74) is 2.90. The van der Waals surface area contributed by atoms with Gasteiger partial charge < -0.3 is 0 Å². The van der Waals surface area contributed by atoms with Gasteiger partial charge in [-0.25, -0.2) is 5.48 Å². The maximum absolute atomic E-state index is 12.7. The van der Waals surface area contributed by atoms with Gasteiger partial charge in [-0.3, -0.25) is 9.63 Å². The molecule has 2 fully saturated rings. The highest BCUT2D eigenvalue weighted by Crippen LogP contribution is 2.22. The van der Waals surface area contributed by atoms with Crippen molar-refractivity contribution in [2.75, 3.05) is 0 Å². The summed E-state index contributed by atoms with van der Waals surface area (Å²) in [6.45, 7) is 0. The number of carbonyl (C=O) groups is 1.